The molecule has 0 bridgehead atoms. The number of nitrogens with one attached hydrogen (secondary N) is 1. The van der Waals surface area contributed by atoms with Gasteiger partial charge in [0.1, 0.15) is 0 Å². The number of amides is 1. The molecule has 3 aromatic rings. The lowest BCUT2D eigenvalue weighted by atomic mass is 10.3. The minimum Gasteiger partial charge on any atom is -0.493 e. The van der Waals surface area contributed by atoms with E-state index < -0.39 is 23.7 Å². The third kappa shape index (κ3) is 4.20. The van der Waals surface area contributed by atoms with Crippen LogP contribution < -0.4 is 14.8 Å². The zero-order valence-corrected chi connectivity index (χ0v) is 15.1. The highest BCUT2D eigenvalue weighted by molar-refractivity contribution is 6.30. The van der Waals surface area contributed by atoms with Gasteiger partial charge in [-0.05, 0) is 36.4 Å². The molecule has 1 N–H and O–H groups in total. The van der Waals surface area contributed by atoms with Gasteiger partial charge in [-0.15, -0.1) is 0 Å². The first kappa shape index (κ1) is 19.6. The highest BCUT2D eigenvalue weighted by Crippen LogP contribution is 2.36. The van der Waals surface area contributed by atoms with Gasteiger partial charge in [-0.1, -0.05) is 23.7 Å². The summed E-state index contributed by atoms with van der Waals surface area (Å²) in [4.78, 5) is 12.1. The maximum atomic E-state index is 13.6. The van der Waals surface area contributed by atoms with Crippen molar-refractivity contribution < 1.29 is 27.4 Å². The Morgan fingerprint density at radius 2 is 1.75 bits per heavy atom. The molecule has 3 rings (SSSR count). The number of nitrogens with zero attached hydrogens (tertiary/aromatic N) is 2. The first-order chi connectivity index (χ1) is 13.3. The number of benzene rings is 2. The summed E-state index contributed by atoms with van der Waals surface area (Å²) < 4.78 is 51.5. The molecule has 1 amide bonds. The molecule has 0 unspecified atom stereocenters. The van der Waals surface area contributed by atoms with Gasteiger partial charge in [0.25, 0.3) is 0 Å². The average Bonchev–Trinajstić information content (AvgIpc) is 3.06. The molecule has 0 saturated carbocycles. The summed E-state index contributed by atoms with van der Waals surface area (Å²) in [6, 6.07) is 11.8. The molecule has 6 nitrogen and oxygen atoms in total. The second-order valence-electron chi connectivity index (χ2n) is 5.46. The lowest BCUT2D eigenvalue weighted by Crippen LogP contribution is -2.21. The normalized spacial score (nSPS) is 11.2. The van der Waals surface area contributed by atoms with Crippen LogP contribution in [0.4, 0.5) is 23.7 Å². The summed E-state index contributed by atoms with van der Waals surface area (Å²) in [7, 11) is 1.37. The van der Waals surface area contributed by atoms with E-state index in [9.17, 15) is 18.0 Å². The second-order valence-corrected chi connectivity index (χ2v) is 5.89. The highest BCUT2D eigenvalue weighted by atomic mass is 35.5. The van der Waals surface area contributed by atoms with E-state index in [1.807, 2.05) is 0 Å². The Hall–Kier alpha value is -3.20. The van der Waals surface area contributed by atoms with Gasteiger partial charge in [-0.25, -0.2) is 9.48 Å². The molecule has 0 radical (unpaired) electrons. The number of hydrogen-bond acceptors (Lipinski definition) is 4. The topological polar surface area (TPSA) is 65.4 Å². The standard InChI is InChI=1S/C18H13ClF3N3O3/c1-27-14-4-2-3-5-15(14)28-17(26)24-13-10-23-25(16(13)18(20,21)22)12-8-6-11(19)7-9-12/h2-10H,1H3,(H,24,26). The number of anilines is 1. The van der Waals surface area contributed by atoms with Crippen LogP contribution in [0, 0.1) is 0 Å². The number of methoxy groups -OCH3 is 1. The lowest BCUT2D eigenvalue weighted by Gasteiger charge is -2.14. The summed E-state index contributed by atoms with van der Waals surface area (Å²) in [5.41, 5.74) is -1.59. The molecule has 0 aliphatic rings. The average molecular weight is 412 g/mol. The molecular weight excluding hydrogens is 399 g/mol. The van der Waals surface area contributed by atoms with Gasteiger partial charge in [0.2, 0.25) is 0 Å². The van der Waals surface area contributed by atoms with Crippen molar-refractivity contribution in [3.8, 4) is 17.2 Å². The lowest BCUT2D eigenvalue weighted by molar-refractivity contribution is -0.142. The van der Waals surface area contributed by atoms with E-state index in [0.717, 1.165) is 6.20 Å². The molecule has 0 fully saturated rings. The van der Waals surface area contributed by atoms with Gasteiger partial charge in [0.15, 0.2) is 17.2 Å². The fraction of sp³-hybridized carbons (Fsp3) is 0.111. The Balaban J connectivity index is 1.90. The first-order valence-electron chi connectivity index (χ1n) is 7.82. The van der Waals surface area contributed by atoms with Crippen LogP contribution in [0.2, 0.25) is 5.02 Å². The second kappa shape index (κ2) is 7.81. The van der Waals surface area contributed by atoms with E-state index in [0.29, 0.717) is 9.70 Å². The largest absolute Gasteiger partial charge is 0.493 e. The van der Waals surface area contributed by atoms with Crippen molar-refractivity contribution in [1.29, 1.82) is 0 Å². The molecule has 0 aliphatic carbocycles. The Labute approximate surface area is 162 Å². The maximum absolute atomic E-state index is 13.6. The fourth-order valence-electron chi connectivity index (χ4n) is 2.43. The van der Waals surface area contributed by atoms with Gasteiger partial charge in [-0.3, -0.25) is 5.32 Å². The van der Waals surface area contributed by atoms with Crippen LogP contribution in [-0.2, 0) is 6.18 Å². The number of carbonyl (C=O) groups excluding carboxylic acids is 1. The van der Waals surface area contributed by atoms with Gasteiger partial charge in [0.05, 0.1) is 24.7 Å². The summed E-state index contributed by atoms with van der Waals surface area (Å²) in [6.07, 6.45) is -5.02. The summed E-state index contributed by atoms with van der Waals surface area (Å²) in [6.45, 7) is 0. The van der Waals surface area contributed by atoms with Crippen LogP contribution in [0.15, 0.2) is 54.7 Å². The van der Waals surface area contributed by atoms with Crippen LogP contribution in [-0.4, -0.2) is 23.0 Å². The first-order valence-corrected chi connectivity index (χ1v) is 8.20. The van der Waals surface area contributed by atoms with E-state index in [4.69, 9.17) is 21.1 Å². The van der Waals surface area contributed by atoms with Crippen molar-refractivity contribution in [2.45, 2.75) is 6.18 Å². The molecule has 1 aromatic heterocycles. The van der Waals surface area contributed by atoms with E-state index in [-0.39, 0.29) is 17.2 Å². The third-order valence-corrected chi connectivity index (χ3v) is 3.87. The number of halogens is 4. The number of hydrogen-bond donors (Lipinski definition) is 1. The predicted molar refractivity (Wildman–Crippen MR) is 96.2 cm³/mol. The minimum absolute atomic E-state index is 0.0566. The van der Waals surface area contributed by atoms with Crippen molar-refractivity contribution in [3.63, 3.8) is 0 Å². The van der Waals surface area contributed by atoms with Crippen molar-refractivity contribution in [2.75, 3.05) is 12.4 Å². The SMILES string of the molecule is COc1ccccc1OC(=O)Nc1cnn(-c2ccc(Cl)cc2)c1C(F)(F)F. The molecule has 1 heterocycles. The van der Waals surface area contributed by atoms with Crippen molar-refractivity contribution >= 4 is 23.4 Å². The number of rotatable bonds is 4. The number of ether oxygens (including phenoxy) is 2. The molecule has 28 heavy (non-hydrogen) atoms. The monoisotopic (exact) mass is 411 g/mol. The molecule has 146 valence electrons. The Morgan fingerprint density at radius 3 is 2.36 bits per heavy atom. The molecule has 0 spiro atoms. The van der Waals surface area contributed by atoms with Gasteiger partial charge >= 0.3 is 12.3 Å². The Morgan fingerprint density at radius 1 is 1.11 bits per heavy atom. The van der Waals surface area contributed by atoms with Crippen molar-refractivity contribution in [2.24, 2.45) is 0 Å². The minimum atomic E-state index is -4.79. The number of para-hydroxylation sites is 2. The van der Waals surface area contributed by atoms with E-state index in [2.05, 4.69) is 10.4 Å². The summed E-state index contributed by atoms with van der Waals surface area (Å²) >= 11 is 5.77. The summed E-state index contributed by atoms with van der Waals surface area (Å²) in [5.74, 6) is 0.312. The third-order valence-electron chi connectivity index (χ3n) is 3.62. The fourth-order valence-corrected chi connectivity index (χ4v) is 2.56. The maximum Gasteiger partial charge on any atom is 0.435 e. The Bertz CT molecular complexity index is 988. The molecule has 0 atom stereocenters. The molecule has 2 aromatic carbocycles. The quantitative estimate of drug-likeness (QED) is 0.643. The van der Waals surface area contributed by atoms with E-state index in [1.165, 1.54) is 37.4 Å². The van der Waals surface area contributed by atoms with Crippen LogP contribution in [0.5, 0.6) is 11.5 Å². The number of alkyl halides is 3. The van der Waals surface area contributed by atoms with Gasteiger partial charge in [0, 0.05) is 5.02 Å². The number of aromatic nitrogens is 2. The van der Waals surface area contributed by atoms with Crippen molar-refractivity contribution in [1.82, 2.24) is 9.78 Å². The zero-order valence-electron chi connectivity index (χ0n) is 14.3. The van der Waals surface area contributed by atoms with Crippen LogP contribution in [0.3, 0.4) is 0 Å². The van der Waals surface area contributed by atoms with E-state index in [1.54, 1.807) is 18.2 Å². The summed E-state index contributed by atoms with van der Waals surface area (Å²) in [5, 5.41) is 6.17. The highest BCUT2D eigenvalue weighted by Gasteiger charge is 2.39. The molecule has 10 heteroatoms. The molecular formula is C18H13ClF3N3O3. The molecule has 0 aliphatic heterocycles. The number of carbonyl (C=O) groups is 1. The molecule has 0 saturated heterocycles. The van der Waals surface area contributed by atoms with Crippen molar-refractivity contribution in [3.05, 3.63) is 65.4 Å². The van der Waals surface area contributed by atoms with E-state index >= 15 is 0 Å². The van der Waals surface area contributed by atoms with Crippen LogP contribution >= 0.6 is 11.6 Å². The van der Waals surface area contributed by atoms with Crippen LogP contribution in [0.1, 0.15) is 5.69 Å². The smallest absolute Gasteiger partial charge is 0.435 e. The van der Waals surface area contributed by atoms with Gasteiger partial charge in [-0.2, -0.15) is 18.3 Å². The van der Waals surface area contributed by atoms with Gasteiger partial charge < -0.3 is 9.47 Å². The zero-order chi connectivity index (χ0) is 20.3. The predicted octanol–water partition coefficient (Wildman–Crippen LogP) is 5.16. The van der Waals surface area contributed by atoms with Crippen LogP contribution in [0.25, 0.3) is 5.69 Å². The Kier molecular flexibility index (Phi) is 5.46.